The Morgan fingerprint density at radius 1 is 1.31 bits per heavy atom. The summed E-state index contributed by atoms with van der Waals surface area (Å²) in [7, 11) is 0. The first-order valence-electron chi connectivity index (χ1n) is 9.16. The summed E-state index contributed by atoms with van der Waals surface area (Å²) < 4.78 is 18.5. The molecule has 0 aromatic heterocycles. The molecule has 6 nitrogen and oxygen atoms in total. The van der Waals surface area contributed by atoms with Gasteiger partial charge in [0.2, 0.25) is 0 Å². The molecule has 26 heavy (non-hydrogen) atoms. The van der Waals surface area contributed by atoms with Gasteiger partial charge in [0.05, 0.1) is 31.2 Å². The number of carbonyl (C=O) groups excluding carboxylic acids is 1. The average Bonchev–Trinajstić information content (AvgIpc) is 2.96. The molecule has 1 amide bonds. The second-order valence-electron chi connectivity index (χ2n) is 6.45. The zero-order chi connectivity index (χ0) is 18.4. The normalized spacial score (nSPS) is 21.6. The predicted octanol–water partition coefficient (Wildman–Crippen LogP) is 2.35. The summed E-state index contributed by atoms with van der Waals surface area (Å²) in [5, 5.41) is 5.83. The van der Waals surface area contributed by atoms with Crippen LogP contribution in [0.2, 0.25) is 0 Å². The van der Waals surface area contributed by atoms with E-state index in [4.69, 9.17) is 4.74 Å². The van der Waals surface area contributed by atoms with Gasteiger partial charge < -0.3 is 4.74 Å². The third kappa shape index (κ3) is 4.53. The third-order valence-corrected chi connectivity index (χ3v) is 4.54. The maximum Gasteiger partial charge on any atom is 0.261 e. The minimum Gasteiger partial charge on any atom is -0.379 e. The first-order valence-corrected chi connectivity index (χ1v) is 9.16. The van der Waals surface area contributed by atoms with Crippen LogP contribution < -0.4 is 5.01 Å². The lowest BCUT2D eigenvalue weighted by Crippen LogP contribution is -2.37. The molecule has 2 heterocycles. The number of amides is 1. The highest BCUT2D eigenvalue weighted by atomic mass is 19.1. The molecule has 0 N–H and O–H groups in total. The first kappa shape index (κ1) is 18.7. The molecule has 0 unspecified atom stereocenters. The van der Waals surface area contributed by atoms with Crippen LogP contribution in [0.4, 0.5) is 10.1 Å². The Bertz CT molecular complexity index is 669. The van der Waals surface area contributed by atoms with E-state index in [0.717, 1.165) is 51.4 Å². The van der Waals surface area contributed by atoms with Crippen LogP contribution in [0.1, 0.15) is 19.8 Å². The van der Waals surface area contributed by atoms with Gasteiger partial charge in [-0.2, -0.15) is 10.1 Å². The van der Waals surface area contributed by atoms with Gasteiger partial charge in [0.15, 0.2) is 0 Å². The van der Waals surface area contributed by atoms with Gasteiger partial charge in [0.1, 0.15) is 11.7 Å². The van der Waals surface area contributed by atoms with E-state index in [2.05, 4.69) is 21.9 Å². The second-order valence-corrected chi connectivity index (χ2v) is 6.45. The van der Waals surface area contributed by atoms with Crippen molar-refractivity contribution in [1.29, 1.82) is 0 Å². The van der Waals surface area contributed by atoms with E-state index in [0.29, 0.717) is 12.2 Å². The standard InChI is InChI=1S/C19H25FN4O2/c1-2-3-18-17(14-21-8-9-23-10-12-26-13-11-23)19(25)24(22-18)16-6-4-15(20)5-7-16/h4-7,14,17H,2-3,8-13H2,1H3/t17-/m1/s1. The number of morpholine rings is 1. The fourth-order valence-electron chi connectivity index (χ4n) is 3.10. The van der Waals surface area contributed by atoms with Crippen LogP contribution in [0.5, 0.6) is 0 Å². The summed E-state index contributed by atoms with van der Waals surface area (Å²) >= 11 is 0. The van der Waals surface area contributed by atoms with Crippen LogP contribution >= 0.6 is 0 Å². The highest BCUT2D eigenvalue weighted by Crippen LogP contribution is 2.25. The van der Waals surface area contributed by atoms with Crippen molar-refractivity contribution in [3.8, 4) is 0 Å². The molecule has 1 fully saturated rings. The Morgan fingerprint density at radius 3 is 2.73 bits per heavy atom. The molecule has 2 aliphatic rings. The predicted molar refractivity (Wildman–Crippen MR) is 100 cm³/mol. The number of hydrazone groups is 1. The first-order chi connectivity index (χ1) is 12.7. The molecule has 0 bridgehead atoms. The quantitative estimate of drug-likeness (QED) is 0.702. The van der Waals surface area contributed by atoms with E-state index in [1.54, 1.807) is 18.3 Å². The van der Waals surface area contributed by atoms with Crippen LogP contribution in [0, 0.1) is 11.7 Å². The SMILES string of the molecule is CCCC1=NN(c2ccc(F)cc2)C(=O)[C@@H]1C=NCCN1CCOCC1. The van der Waals surface area contributed by atoms with Crippen LogP contribution in [0.15, 0.2) is 34.4 Å². The van der Waals surface area contributed by atoms with Gasteiger partial charge in [0, 0.05) is 25.8 Å². The summed E-state index contributed by atoms with van der Waals surface area (Å²) in [5.74, 6) is -0.890. The number of halogens is 1. The molecular weight excluding hydrogens is 335 g/mol. The summed E-state index contributed by atoms with van der Waals surface area (Å²) in [6, 6.07) is 5.80. The van der Waals surface area contributed by atoms with E-state index in [9.17, 15) is 9.18 Å². The summed E-state index contributed by atoms with van der Waals surface area (Å²) in [6.07, 6.45) is 3.37. The number of hydrogen-bond acceptors (Lipinski definition) is 5. The third-order valence-electron chi connectivity index (χ3n) is 4.54. The minimum absolute atomic E-state index is 0.129. The van der Waals surface area contributed by atoms with Crippen molar-refractivity contribution in [2.75, 3.05) is 44.4 Å². The summed E-state index contributed by atoms with van der Waals surface area (Å²) in [5.41, 5.74) is 1.39. The smallest absolute Gasteiger partial charge is 0.261 e. The number of rotatable bonds is 7. The zero-order valence-electron chi connectivity index (χ0n) is 15.1. The van der Waals surface area contributed by atoms with E-state index in [1.807, 2.05) is 0 Å². The van der Waals surface area contributed by atoms with E-state index < -0.39 is 5.92 Å². The van der Waals surface area contributed by atoms with Crippen LogP contribution in [-0.4, -0.2) is 62.1 Å². The fourth-order valence-corrected chi connectivity index (χ4v) is 3.10. The van der Waals surface area contributed by atoms with Crippen LogP contribution in [0.3, 0.4) is 0 Å². The minimum atomic E-state index is -0.426. The van der Waals surface area contributed by atoms with Gasteiger partial charge in [-0.1, -0.05) is 13.3 Å². The van der Waals surface area contributed by atoms with Crippen LogP contribution in [-0.2, 0) is 9.53 Å². The van der Waals surface area contributed by atoms with Gasteiger partial charge in [-0.05, 0) is 30.7 Å². The Balaban J connectivity index is 1.63. The molecule has 1 saturated heterocycles. The number of ether oxygens (including phenoxy) is 1. The number of aliphatic imine (C=N–C) groups is 1. The molecule has 7 heteroatoms. The lowest BCUT2D eigenvalue weighted by atomic mass is 10.0. The highest BCUT2D eigenvalue weighted by molar-refractivity contribution is 6.24. The Labute approximate surface area is 153 Å². The van der Waals surface area contributed by atoms with E-state index in [-0.39, 0.29) is 11.7 Å². The lowest BCUT2D eigenvalue weighted by molar-refractivity contribution is -0.118. The molecule has 0 aliphatic carbocycles. The van der Waals surface area contributed by atoms with Crippen molar-refractivity contribution >= 4 is 23.5 Å². The average molecular weight is 360 g/mol. The van der Waals surface area contributed by atoms with Gasteiger partial charge in [-0.25, -0.2) is 4.39 Å². The summed E-state index contributed by atoms with van der Waals surface area (Å²) in [6.45, 7) is 6.97. The van der Waals surface area contributed by atoms with Gasteiger partial charge in [-0.3, -0.25) is 14.7 Å². The van der Waals surface area contributed by atoms with Crippen molar-refractivity contribution in [2.24, 2.45) is 16.0 Å². The van der Waals surface area contributed by atoms with Crippen molar-refractivity contribution in [2.45, 2.75) is 19.8 Å². The van der Waals surface area contributed by atoms with E-state index in [1.165, 1.54) is 17.1 Å². The lowest BCUT2D eigenvalue weighted by Gasteiger charge is -2.25. The molecule has 1 aromatic carbocycles. The molecule has 0 spiro atoms. The Kier molecular flexibility index (Phi) is 6.46. The number of nitrogens with zero attached hydrogens (tertiary/aromatic N) is 4. The zero-order valence-corrected chi connectivity index (χ0v) is 15.1. The topological polar surface area (TPSA) is 57.5 Å². The van der Waals surface area contributed by atoms with Crippen molar-refractivity contribution in [3.05, 3.63) is 30.1 Å². The Morgan fingerprint density at radius 2 is 2.04 bits per heavy atom. The fraction of sp³-hybridized carbons (Fsp3) is 0.526. The van der Waals surface area contributed by atoms with Crippen LogP contribution in [0.25, 0.3) is 0 Å². The van der Waals surface area contributed by atoms with Gasteiger partial charge >= 0.3 is 0 Å². The highest BCUT2D eigenvalue weighted by Gasteiger charge is 2.34. The number of hydrogen-bond donors (Lipinski definition) is 0. The van der Waals surface area contributed by atoms with Gasteiger partial charge in [0.25, 0.3) is 5.91 Å². The molecule has 1 aromatic rings. The van der Waals surface area contributed by atoms with Crippen molar-refractivity contribution in [1.82, 2.24) is 4.90 Å². The monoisotopic (exact) mass is 360 g/mol. The molecule has 140 valence electrons. The maximum absolute atomic E-state index is 13.1. The molecule has 0 saturated carbocycles. The largest absolute Gasteiger partial charge is 0.379 e. The number of anilines is 1. The molecule has 2 aliphatic heterocycles. The molecule has 0 radical (unpaired) electrons. The number of benzene rings is 1. The molecule has 1 atom stereocenters. The second kappa shape index (κ2) is 9.00. The molecular formula is C19H25FN4O2. The maximum atomic E-state index is 13.1. The Hall–Kier alpha value is -2.12. The molecule has 3 rings (SSSR count). The number of carbonyl (C=O) groups is 1. The van der Waals surface area contributed by atoms with E-state index >= 15 is 0 Å². The van der Waals surface area contributed by atoms with Crippen molar-refractivity contribution in [3.63, 3.8) is 0 Å². The van der Waals surface area contributed by atoms with Crippen molar-refractivity contribution < 1.29 is 13.9 Å². The van der Waals surface area contributed by atoms with Gasteiger partial charge in [-0.15, -0.1) is 0 Å². The summed E-state index contributed by atoms with van der Waals surface area (Å²) in [4.78, 5) is 19.6.